The molecule has 2 aromatic heterocycles. The lowest BCUT2D eigenvalue weighted by Crippen LogP contribution is -2.14. The number of halogens is 1. The molecule has 4 rings (SSSR count). The number of nitrogens with one attached hydrogen (secondary N) is 1. The minimum atomic E-state index is -0.234. The summed E-state index contributed by atoms with van der Waals surface area (Å²) >= 11 is 7.48. The van der Waals surface area contributed by atoms with Crippen molar-refractivity contribution in [3.8, 4) is 0 Å². The van der Waals surface area contributed by atoms with E-state index in [0.29, 0.717) is 33.4 Å². The van der Waals surface area contributed by atoms with Gasteiger partial charge in [-0.15, -0.1) is 11.8 Å². The van der Waals surface area contributed by atoms with Crippen molar-refractivity contribution in [1.82, 2.24) is 9.38 Å². The van der Waals surface area contributed by atoms with Gasteiger partial charge in [-0.3, -0.25) is 14.0 Å². The van der Waals surface area contributed by atoms with Gasteiger partial charge in [-0.1, -0.05) is 35.9 Å². The van der Waals surface area contributed by atoms with Crippen LogP contribution < -0.4 is 10.9 Å². The summed E-state index contributed by atoms with van der Waals surface area (Å²) in [7, 11) is 0. The number of rotatable bonds is 5. The lowest BCUT2D eigenvalue weighted by molar-refractivity contribution is 0.102. The molecule has 1 amide bonds. The summed E-state index contributed by atoms with van der Waals surface area (Å²) in [4.78, 5) is 30.2. The molecule has 5 nitrogen and oxygen atoms in total. The van der Waals surface area contributed by atoms with Gasteiger partial charge in [-0.2, -0.15) is 0 Å². The van der Waals surface area contributed by atoms with E-state index in [2.05, 4.69) is 10.3 Å². The van der Waals surface area contributed by atoms with E-state index < -0.39 is 0 Å². The highest BCUT2D eigenvalue weighted by molar-refractivity contribution is 7.98. The molecule has 7 heteroatoms. The maximum absolute atomic E-state index is 12.5. The Labute approximate surface area is 176 Å². The van der Waals surface area contributed by atoms with Gasteiger partial charge in [-0.05, 0) is 42.5 Å². The lowest BCUT2D eigenvalue weighted by Gasteiger charge is -2.11. The van der Waals surface area contributed by atoms with Crippen molar-refractivity contribution in [2.75, 3.05) is 5.32 Å². The first-order valence-electron chi connectivity index (χ1n) is 8.86. The normalized spacial score (nSPS) is 10.8. The molecule has 0 atom stereocenters. The van der Waals surface area contributed by atoms with Gasteiger partial charge < -0.3 is 5.32 Å². The Morgan fingerprint density at radius 1 is 1.03 bits per heavy atom. The number of carbonyl (C=O) groups excluding carboxylic acids is 1. The van der Waals surface area contributed by atoms with Gasteiger partial charge in [0.15, 0.2) is 0 Å². The van der Waals surface area contributed by atoms with Gasteiger partial charge in [0.1, 0.15) is 5.65 Å². The molecule has 0 spiro atoms. The first kappa shape index (κ1) is 19.2. The van der Waals surface area contributed by atoms with E-state index in [1.165, 1.54) is 22.2 Å². The Morgan fingerprint density at radius 2 is 1.86 bits per heavy atom. The average molecular weight is 422 g/mol. The topological polar surface area (TPSA) is 63.5 Å². The summed E-state index contributed by atoms with van der Waals surface area (Å²) in [6.07, 6.45) is 1.70. The molecule has 144 valence electrons. The van der Waals surface area contributed by atoms with E-state index in [-0.39, 0.29) is 11.5 Å². The predicted molar refractivity (Wildman–Crippen MR) is 117 cm³/mol. The molecule has 2 aromatic carbocycles. The van der Waals surface area contributed by atoms with E-state index in [0.717, 1.165) is 4.90 Å². The maximum Gasteiger partial charge on any atom is 0.258 e. The minimum Gasteiger partial charge on any atom is -0.321 e. The van der Waals surface area contributed by atoms with Gasteiger partial charge in [0, 0.05) is 33.5 Å². The van der Waals surface area contributed by atoms with Crippen LogP contribution in [0.15, 0.2) is 88.7 Å². The minimum absolute atomic E-state index is 0.117. The van der Waals surface area contributed by atoms with Crippen LogP contribution in [0.25, 0.3) is 5.65 Å². The monoisotopic (exact) mass is 421 g/mol. The molecular formula is C22H16ClN3O2S. The summed E-state index contributed by atoms with van der Waals surface area (Å²) in [5, 5.41) is 3.43. The highest BCUT2D eigenvalue weighted by atomic mass is 35.5. The van der Waals surface area contributed by atoms with Crippen LogP contribution >= 0.6 is 23.4 Å². The Balaban J connectivity index is 1.53. The second-order valence-corrected chi connectivity index (χ2v) is 7.72. The molecule has 0 aliphatic heterocycles. The SMILES string of the molecule is O=C(Nc1ccccc1SCc1cc(=O)n2ccccc2n1)c1cccc(Cl)c1. The van der Waals surface area contributed by atoms with E-state index in [1.54, 1.807) is 42.6 Å². The van der Waals surface area contributed by atoms with Crippen LogP contribution in [0.2, 0.25) is 5.02 Å². The van der Waals surface area contributed by atoms with Crippen LogP contribution in [0.5, 0.6) is 0 Å². The van der Waals surface area contributed by atoms with Crippen LogP contribution in [0.3, 0.4) is 0 Å². The fraction of sp³-hybridized carbons (Fsp3) is 0.0455. The highest BCUT2D eigenvalue weighted by Crippen LogP contribution is 2.29. The third kappa shape index (κ3) is 4.50. The molecule has 0 bridgehead atoms. The molecule has 0 fully saturated rings. The van der Waals surface area contributed by atoms with Gasteiger partial charge in [0.2, 0.25) is 0 Å². The number of pyridine rings is 1. The molecule has 4 aromatic rings. The van der Waals surface area contributed by atoms with E-state index in [4.69, 9.17) is 11.6 Å². The fourth-order valence-corrected chi connectivity index (χ4v) is 3.94. The van der Waals surface area contributed by atoms with Crippen molar-refractivity contribution >= 4 is 40.6 Å². The molecule has 0 saturated carbocycles. The zero-order valence-electron chi connectivity index (χ0n) is 15.2. The van der Waals surface area contributed by atoms with Gasteiger partial charge in [0.25, 0.3) is 11.5 Å². The summed E-state index contributed by atoms with van der Waals surface area (Å²) in [5.41, 5.74) is 2.36. The number of amides is 1. The Bertz CT molecular complexity index is 1260. The van der Waals surface area contributed by atoms with Gasteiger partial charge in [0.05, 0.1) is 11.4 Å². The van der Waals surface area contributed by atoms with Crippen molar-refractivity contribution < 1.29 is 4.79 Å². The Kier molecular flexibility index (Phi) is 5.64. The standard InChI is InChI=1S/C22H16ClN3O2S/c23-16-7-5-6-15(12-16)22(28)25-18-8-1-2-9-19(18)29-14-17-13-21(27)26-11-4-3-10-20(26)24-17/h1-13H,14H2,(H,25,28). The number of fused-ring (bicyclic) bond motifs is 1. The summed E-state index contributed by atoms with van der Waals surface area (Å²) < 4.78 is 1.51. The largest absolute Gasteiger partial charge is 0.321 e. The van der Waals surface area contributed by atoms with Crippen molar-refractivity contribution in [3.63, 3.8) is 0 Å². The van der Waals surface area contributed by atoms with Crippen LogP contribution in [0.1, 0.15) is 16.1 Å². The number of carbonyl (C=O) groups is 1. The van der Waals surface area contributed by atoms with Crippen LogP contribution in [-0.4, -0.2) is 15.3 Å². The number of hydrogen-bond donors (Lipinski definition) is 1. The molecule has 0 aliphatic carbocycles. The second-order valence-electron chi connectivity index (χ2n) is 6.26. The number of nitrogens with zero attached hydrogens (tertiary/aromatic N) is 2. The first-order valence-corrected chi connectivity index (χ1v) is 10.2. The molecule has 0 aliphatic rings. The smallest absolute Gasteiger partial charge is 0.258 e. The number of hydrogen-bond acceptors (Lipinski definition) is 4. The zero-order chi connectivity index (χ0) is 20.2. The Hall–Kier alpha value is -3.09. The van der Waals surface area contributed by atoms with Crippen molar-refractivity contribution in [1.29, 1.82) is 0 Å². The summed E-state index contributed by atoms with van der Waals surface area (Å²) in [5.74, 6) is 0.271. The van der Waals surface area contributed by atoms with E-state index in [9.17, 15) is 9.59 Å². The number of para-hydroxylation sites is 1. The van der Waals surface area contributed by atoms with Crippen LogP contribution in [0, 0.1) is 0 Å². The first-order chi connectivity index (χ1) is 14.1. The van der Waals surface area contributed by atoms with Crippen LogP contribution in [0.4, 0.5) is 5.69 Å². The number of thioether (sulfide) groups is 1. The van der Waals surface area contributed by atoms with Gasteiger partial charge >= 0.3 is 0 Å². The van der Waals surface area contributed by atoms with Crippen LogP contribution in [-0.2, 0) is 5.75 Å². The Morgan fingerprint density at radius 3 is 2.72 bits per heavy atom. The molecule has 2 heterocycles. The van der Waals surface area contributed by atoms with Crippen molar-refractivity contribution in [2.45, 2.75) is 10.6 Å². The number of anilines is 1. The van der Waals surface area contributed by atoms with Crippen molar-refractivity contribution in [2.24, 2.45) is 0 Å². The molecule has 0 unspecified atom stereocenters. The molecule has 0 saturated heterocycles. The van der Waals surface area contributed by atoms with E-state index in [1.807, 2.05) is 30.3 Å². The third-order valence-corrected chi connectivity index (χ3v) is 5.56. The molecule has 1 N–H and O–H groups in total. The predicted octanol–water partition coefficient (Wildman–Crippen LogP) is 4.89. The zero-order valence-corrected chi connectivity index (χ0v) is 16.8. The van der Waals surface area contributed by atoms with Crippen molar-refractivity contribution in [3.05, 3.63) is 106 Å². The van der Waals surface area contributed by atoms with E-state index >= 15 is 0 Å². The molecule has 29 heavy (non-hydrogen) atoms. The quantitative estimate of drug-likeness (QED) is 0.466. The summed E-state index contributed by atoms with van der Waals surface area (Å²) in [6.45, 7) is 0. The average Bonchev–Trinajstić information content (AvgIpc) is 2.73. The third-order valence-electron chi connectivity index (χ3n) is 4.22. The highest BCUT2D eigenvalue weighted by Gasteiger charge is 2.11. The second kappa shape index (κ2) is 8.51. The molecular weight excluding hydrogens is 406 g/mol. The number of aromatic nitrogens is 2. The lowest BCUT2D eigenvalue weighted by atomic mass is 10.2. The molecule has 0 radical (unpaired) electrons. The fourth-order valence-electron chi connectivity index (χ4n) is 2.85. The number of benzene rings is 2. The summed E-state index contributed by atoms with van der Waals surface area (Å²) in [6, 6.07) is 21.3. The van der Waals surface area contributed by atoms with Gasteiger partial charge in [-0.25, -0.2) is 4.98 Å². The maximum atomic E-state index is 12.5.